The van der Waals surface area contributed by atoms with Gasteiger partial charge >= 0.3 is 0 Å². The predicted octanol–water partition coefficient (Wildman–Crippen LogP) is 3.82. The summed E-state index contributed by atoms with van der Waals surface area (Å²) in [5.41, 5.74) is 4.06. The number of aryl methyl sites for hydroxylation is 1. The van der Waals surface area contributed by atoms with Gasteiger partial charge in [0.25, 0.3) is 0 Å². The third-order valence-corrected chi connectivity index (χ3v) is 4.30. The fraction of sp³-hybridized carbons (Fsp3) is 0.389. The molecule has 1 aliphatic carbocycles. The summed E-state index contributed by atoms with van der Waals surface area (Å²) in [6, 6.07) is 11.2. The maximum Gasteiger partial charge on any atom is 0.119 e. The number of ether oxygens (including phenoxy) is 1. The molecule has 1 heterocycles. The van der Waals surface area contributed by atoms with Gasteiger partial charge in [-0.3, -0.25) is 4.98 Å². The highest BCUT2D eigenvalue weighted by molar-refractivity contribution is 5.39. The quantitative estimate of drug-likeness (QED) is 0.925. The topological polar surface area (TPSA) is 34.1 Å². The standard InChI is InChI=1S/C18H22N2O/c1-13(15-6-4-10-19-12-15)20-18-7-3-5-14-8-9-16(21-2)11-17(14)18/h4,6,8-13,18,20H,3,5,7H2,1-2H3. The Labute approximate surface area is 126 Å². The number of benzene rings is 1. The molecule has 0 aliphatic heterocycles. The Kier molecular flexibility index (Phi) is 4.20. The summed E-state index contributed by atoms with van der Waals surface area (Å²) in [6.45, 7) is 2.20. The summed E-state index contributed by atoms with van der Waals surface area (Å²) in [4.78, 5) is 4.21. The van der Waals surface area contributed by atoms with Crippen molar-refractivity contribution in [2.45, 2.75) is 38.3 Å². The highest BCUT2D eigenvalue weighted by atomic mass is 16.5. The zero-order valence-corrected chi connectivity index (χ0v) is 12.7. The molecule has 1 aromatic heterocycles. The van der Waals surface area contributed by atoms with Gasteiger partial charge in [-0.15, -0.1) is 0 Å². The molecular formula is C18H22N2O. The molecule has 2 unspecified atom stereocenters. The van der Waals surface area contributed by atoms with Gasteiger partial charge in [-0.25, -0.2) is 0 Å². The van der Waals surface area contributed by atoms with E-state index in [1.165, 1.54) is 36.0 Å². The monoisotopic (exact) mass is 282 g/mol. The predicted molar refractivity (Wildman–Crippen MR) is 84.5 cm³/mol. The SMILES string of the molecule is COc1ccc2c(c1)C(NC(C)c1cccnc1)CCC2. The Morgan fingerprint density at radius 3 is 3.00 bits per heavy atom. The molecule has 3 nitrogen and oxygen atoms in total. The van der Waals surface area contributed by atoms with Crippen molar-refractivity contribution in [1.82, 2.24) is 10.3 Å². The van der Waals surface area contributed by atoms with E-state index in [0.29, 0.717) is 12.1 Å². The first-order chi connectivity index (χ1) is 10.3. The highest BCUT2D eigenvalue weighted by Crippen LogP contribution is 2.33. The molecule has 3 heteroatoms. The highest BCUT2D eigenvalue weighted by Gasteiger charge is 2.22. The van der Waals surface area contributed by atoms with E-state index in [1.54, 1.807) is 7.11 Å². The summed E-state index contributed by atoms with van der Waals surface area (Å²) in [5.74, 6) is 0.941. The molecule has 0 bridgehead atoms. The van der Waals surface area contributed by atoms with Crippen molar-refractivity contribution in [2.75, 3.05) is 7.11 Å². The van der Waals surface area contributed by atoms with Crippen LogP contribution in [0.15, 0.2) is 42.7 Å². The Hall–Kier alpha value is -1.87. The minimum atomic E-state index is 0.292. The van der Waals surface area contributed by atoms with E-state index < -0.39 is 0 Å². The van der Waals surface area contributed by atoms with Gasteiger partial charge in [-0.05, 0) is 61.1 Å². The lowest BCUT2D eigenvalue weighted by Crippen LogP contribution is -2.27. The van der Waals surface area contributed by atoms with Crippen LogP contribution in [0.2, 0.25) is 0 Å². The van der Waals surface area contributed by atoms with Crippen LogP contribution in [-0.4, -0.2) is 12.1 Å². The van der Waals surface area contributed by atoms with E-state index in [-0.39, 0.29) is 0 Å². The minimum Gasteiger partial charge on any atom is -0.497 e. The number of fused-ring (bicyclic) bond motifs is 1. The number of nitrogens with zero attached hydrogens (tertiary/aromatic N) is 1. The lowest BCUT2D eigenvalue weighted by atomic mass is 9.87. The zero-order chi connectivity index (χ0) is 14.7. The number of rotatable bonds is 4. The van der Waals surface area contributed by atoms with E-state index >= 15 is 0 Å². The molecule has 0 saturated carbocycles. The van der Waals surface area contributed by atoms with Crippen LogP contribution >= 0.6 is 0 Å². The van der Waals surface area contributed by atoms with Crippen LogP contribution in [0.5, 0.6) is 5.75 Å². The summed E-state index contributed by atoms with van der Waals surface area (Å²) in [7, 11) is 1.73. The number of aromatic nitrogens is 1. The Morgan fingerprint density at radius 1 is 1.33 bits per heavy atom. The molecule has 3 rings (SSSR count). The average Bonchev–Trinajstić information content (AvgIpc) is 2.55. The summed E-state index contributed by atoms with van der Waals surface area (Å²) in [5, 5.41) is 3.75. The first-order valence-corrected chi connectivity index (χ1v) is 7.60. The summed E-state index contributed by atoms with van der Waals surface area (Å²) >= 11 is 0. The van der Waals surface area contributed by atoms with Crippen molar-refractivity contribution < 1.29 is 4.74 Å². The van der Waals surface area contributed by atoms with Gasteiger partial charge in [-0.2, -0.15) is 0 Å². The van der Waals surface area contributed by atoms with E-state index in [4.69, 9.17) is 4.74 Å². The minimum absolute atomic E-state index is 0.292. The number of pyridine rings is 1. The normalized spacial score (nSPS) is 18.9. The molecule has 0 amide bonds. The fourth-order valence-electron chi connectivity index (χ4n) is 3.11. The smallest absolute Gasteiger partial charge is 0.119 e. The van der Waals surface area contributed by atoms with Gasteiger partial charge in [0.05, 0.1) is 7.11 Å². The van der Waals surface area contributed by atoms with E-state index in [2.05, 4.69) is 41.5 Å². The first-order valence-electron chi connectivity index (χ1n) is 7.60. The van der Waals surface area contributed by atoms with Gasteiger partial charge in [0.15, 0.2) is 0 Å². The number of hydrogen-bond donors (Lipinski definition) is 1. The van der Waals surface area contributed by atoms with Crippen LogP contribution in [0.25, 0.3) is 0 Å². The second kappa shape index (κ2) is 6.27. The largest absolute Gasteiger partial charge is 0.497 e. The number of methoxy groups -OCH3 is 1. The van der Waals surface area contributed by atoms with Crippen LogP contribution in [0.1, 0.15) is 48.5 Å². The van der Waals surface area contributed by atoms with Crippen molar-refractivity contribution in [1.29, 1.82) is 0 Å². The molecule has 0 fully saturated rings. The molecule has 0 radical (unpaired) electrons. The Morgan fingerprint density at radius 2 is 2.24 bits per heavy atom. The molecule has 0 spiro atoms. The maximum absolute atomic E-state index is 5.38. The molecule has 1 aromatic carbocycles. The molecule has 1 N–H and O–H groups in total. The fourth-order valence-corrected chi connectivity index (χ4v) is 3.11. The Bertz CT molecular complexity index is 597. The molecule has 2 atom stereocenters. The van der Waals surface area contributed by atoms with Crippen molar-refractivity contribution in [3.63, 3.8) is 0 Å². The lowest BCUT2D eigenvalue weighted by molar-refractivity contribution is 0.399. The van der Waals surface area contributed by atoms with Crippen molar-refractivity contribution in [2.24, 2.45) is 0 Å². The van der Waals surface area contributed by atoms with Crippen LogP contribution in [-0.2, 0) is 6.42 Å². The second-order valence-electron chi connectivity index (χ2n) is 5.68. The van der Waals surface area contributed by atoms with Crippen LogP contribution < -0.4 is 10.1 Å². The average molecular weight is 282 g/mol. The molecule has 0 saturated heterocycles. The lowest BCUT2D eigenvalue weighted by Gasteiger charge is -2.29. The van der Waals surface area contributed by atoms with Gasteiger partial charge in [-0.1, -0.05) is 12.1 Å². The van der Waals surface area contributed by atoms with Crippen molar-refractivity contribution in [3.8, 4) is 5.75 Å². The van der Waals surface area contributed by atoms with Gasteiger partial charge in [0.2, 0.25) is 0 Å². The number of hydrogen-bond acceptors (Lipinski definition) is 3. The molecule has 21 heavy (non-hydrogen) atoms. The van der Waals surface area contributed by atoms with Gasteiger partial charge < -0.3 is 10.1 Å². The van der Waals surface area contributed by atoms with Crippen LogP contribution in [0.4, 0.5) is 0 Å². The summed E-state index contributed by atoms with van der Waals surface area (Å²) in [6.07, 6.45) is 7.32. The second-order valence-corrected chi connectivity index (χ2v) is 5.68. The van der Waals surface area contributed by atoms with E-state index in [1.807, 2.05) is 18.5 Å². The summed E-state index contributed by atoms with van der Waals surface area (Å²) < 4.78 is 5.38. The van der Waals surface area contributed by atoms with Crippen LogP contribution in [0, 0.1) is 0 Å². The Balaban J connectivity index is 1.81. The molecule has 2 aromatic rings. The molecule has 110 valence electrons. The van der Waals surface area contributed by atoms with Gasteiger partial charge in [0, 0.05) is 24.5 Å². The van der Waals surface area contributed by atoms with E-state index in [9.17, 15) is 0 Å². The third kappa shape index (κ3) is 3.08. The zero-order valence-electron chi connectivity index (χ0n) is 12.7. The van der Waals surface area contributed by atoms with Gasteiger partial charge in [0.1, 0.15) is 5.75 Å². The van der Waals surface area contributed by atoms with E-state index in [0.717, 1.165) is 5.75 Å². The number of nitrogens with one attached hydrogen (secondary N) is 1. The molecule has 1 aliphatic rings. The van der Waals surface area contributed by atoms with Crippen molar-refractivity contribution in [3.05, 3.63) is 59.4 Å². The van der Waals surface area contributed by atoms with Crippen LogP contribution in [0.3, 0.4) is 0 Å². The first kappa shape index (κ1) is 14.1. The maximum atomic E-state index is 5.38. The van der Waals surface area contributed by atoms with Crippen molar-refractivity contribution >= 4 is 0 Å². The third-order valence-electron chi connectivity index (χ3n) is 4.30. The molecular weight excluding hydrogens is 260 g/mol.